The van der Waals surface area contributed by atoms with Crippen LogP contribution in [0.15, 0.2) is 29.2 Å². The van der Waals surface area contributed by atoms with E-state index in [-0.39, 0.29) is 11.7 Å². The molecule has 0 unspecified atom stereocenters. The molecule has 0 atom stereocenters. The number of thiocarbonyl (C=S) groups is 1. The minimum Gasteiger partial charge on any atom is -0.379 e. The minimum atomic E-state index is -0.318. The monoisotopic (exact) mass is 352 g/mol. The molecule has 0 spiro atoms. The summed E-state index contributed by atoms with van der Waals surface area (Å²) in [7, 11) is 0. The molecule has 0 bridgehead atoms. The van der Waals surface area contributed by atoms with Crippen molar-refractivity contribution in [3.63, 3.8) is 0 Å². The zero-order valence-electron chi connectivity index (χ0n) is 12.5. The minimum absolute atomic E-state index is 0.0995. The van der Waals surface area contributed by atoms with Gasteiger partial charge in [0, 0.05) is 26.2 Å². The lowest BCUT2D eigenvalue weighted by molar-refractivity contribution is -0.122. The first-order valence-corrected chi connectivity index (χ1v) is 8.67. The van der Waals surface area contributed by atoms with Crippen LogP contribution in [0, 0.1) is 5.82 Å². The van der Waals surface area contributed by atoms with Gasteiger partial charge in [0.1, 0.15) is 10.1 Å². The predicted octanol–water partition coefficient (Wildman–Crippen LogP) is 2.36. The van der Waals surface area contributed by atoms with Crippen LogP contribution in [-0.2, 0) is 9.53 Å². The molecule has 122 valence electrons. The summed E-state index contributed by atoms with van der Waals surface area (Å²) in [5.41, 5.74) is 0.665. The Labute approximate surface area is 144 Å². The molecule has 0 aliphatic carbocycles. The molecule has 2 saturated heterocycles. The molecule has 2 aliphatic heterocycles. The third kappa shape index (κ3) is 4.17. The van der Waals surface area contributed by atoms with Crippen LogP contribution in [-0.4, -0.2) is 59.4 Å². The van der Waals surface area contributed by atoms with Crippen LogP contribution in [0.25, 0.3) is 6.08 Å². The highest BCUT2D eigenvalue weighted by atomic mass is 32.2. The zero-order valence-corrected chi connectivity index (χ0v) is 14.2. The van der Waals surface area contributed by atoms with Crippen molar-refractivity contribution in [3.8, 4) is 0 Å². The summed E-state index contributed by atoms with van der Waals surface area (Å²) < 4.78 is 19.1. The Balaban J connectivity index is 1.65. The van der Waals surface area contributed by atoms with Crippen molar-refractivity contribution in [2.24, 2.45) is 0 Å². The SMILES string of the molecule is O=C1C(=Cc2cccc(F)c2)SC(=S)N1CCN1CCOCC1. The summed E-state index contributed by atoms with van der Waals surface area (Å²) in [6.07, 6.45) is 1.69. The van der Waals surface area contributed by atoms with Gasteiger partial charge in [0.25, 0.3) is 5.91 Å². The normalized spacial score (nSPS) is 21.4. The number of rotatable bonds is 4. The van der Waals surface area contributed by atoms with E-state index in [0.29, 0.717) is 21.3 Å². The summed E-state index contributed by atoms with van der Waals surface area (Å²) >= 11 is 6.59. The first-order chi connectivity index (χ1) is 11.1. The standard InChI is InChI=1S/C16H17FN2O2S2/c17-13-3-1-2-12(10-13)11-14-15(20)19(16(22)23-14)5-4-18-6-8-21-9-7-18/h1-3,10-11H,4-9H2. The quantitative estimate of drug-likeness (QED) is 0.614. The van der Waals surface area contributed by atoms with Gasteiger partial charge in [-0.1, -0.05) is 36.1 Å². The van der Waals surface area contributed by atoms with Gasteiger partial charge in [-0.3, -0.25) is 14.6 Å². The van der Waals surface area contributed by atoms with Crippen molar-refractivity contribution in [1.82, 2.24) is 9.80 Å². The fourth-order valence-electron chi connectivity index (χ4n) is 2.51. The van der Waals surface area contributed by atoms with Crippen LogP contribution in [0.3, 0.4) is 0 Å². The highest BCUT2D eigenvalue weighted by Crippen LogP contribution is 2.32. The molecule has 0 N–H and O–H groups in total. The van der Waals surface area contributed by atoms with Crippen LogP contribution >= 0.6 is 24.0 Å². The first kappa shape index (κ1) is 16.6. The summed E-state index contributed by atoms with van der Waals surface area (Å²) in [6, 6.07) is 6.18. The van der Waals surface area contributed by atoms with E-state index >= 15 is 0 Å². The number of halogens is 1. The van der Waals surface area contributed by atoms with E-state index in [1.54, 1.807) is 23.1 Å². The largest absolute Gasteiger partial charge is 0.379 e. The number of ether oxygens (including phenoxy) is 1. The molecule has 2 fully saturated rings. The second-order valence-electron chi connectivity index (χ2n) is 5.34. The topological polar surface area (TPSA) is 32.8 Å². The van der Waals surface area contributed by atoms with E-state index in [0.717, 1.165) is 32.8 Å². The van der Waals surface area contributed by atoms with Gasteiger partial charge in [-0.25, -0.2) is 4.39 Å². The molecule has 1 amide bonds. The predicted molar refractivity (Wildman–Crippen MR) is 93.5 cm³/mol. The van der Waals surface area contributed by atoms with Gasteiger partial charge in [0.15, 0.2) is 0 Å². The van der Waals surface area contributed by atoms with Crippen molar-refractivity contribution in [2.45, 2.75) is 0 Å². The second-order valence-corrected chi connectivity index (χ2v) is 7.02. The summed E-state index contributed by atoms with van der Waals surface area (Å²) in [4.78, 5) is 16.9. The molecule has 0 radical (unpaired) electrons. The maximum absolute atomic E-state index is 13.2. The molecule has 1 aromatic carbocycles. The molecule has 2 heterocycles. The Morgan fingerprint density at radius 1 is 1.30 bits per heavy atom. The van der Waals surface area contributed by atoms with Crippen molar-refractivity contribution >= 4 is 40.3 Å². The smallest absolute Gasteiger partial charge is 0.266 e. The third-order valence-corrected chi connectivity index (χ3v) is 5.14. The number of benzene rings is 1. The Kier molecular flexibility index (Phi) is 5.42. The summed E-state index contributed by atoms with van der Waals surface area (Å²) in [5, 5.41) is 0. The first-order valence-electron chi connectivity index (χ1n) is 7.44. The van der Waals surface area contributed by atoms with Crippen LogP contribution in [0.4, 0.5) is 4.39 Å². The van der Waals surface area contributed by atoms with Crippen LogP contribution < -0.4 is 0 Å². The number of carbonyl (C=O) groups excluding carboxylic acids is 1. The number of morpholine rings is 1. The lowest BCUT2D eigenvalue weighted by Gasteiger charge is -2.28. The Hall–Kier alpha value is -1.28. The molecule has 0 saturated carbocycles. The lowest BCUT2D eigenvalue weighted by Crippen LogP contribution is -2.42. The van der Waals surface area contributed by atoms with Gasteiger partial charge < -0.3 is 4.74 Å². The van der Waals surface area contributed by atoms with Crippen molar-refractivity contribution in [2.75, 3.05) is 39.4 Å². The highest BCUT2D eigenvalue weighted by Gasteiger charge is 2.32. The Bertz CT molecular complexity index is 645. The fraction of sp³-hybridized carbons (Fsp3) is 0.375. The lowest BCUT2D eigenvalue weighted by atomic mass is 10.2. The molecular weight excluding hydrogens is 335 g/mol. The van der Waals surface area contributed by atoms with Gasteiger partial charge in [0.05, 0.1) is 18.1 Å². The maximum Gasteiger partial charge on any atom is 0.266 e. The van der Waals surface area contributed by atoms with Crippen LogP contribution in [0.5, 0.6) is 0 Å². The molecule has 2 aliphatic rings. The van der Waals surface area contributed by atoms with E-state index in [2.05, 4.69) is 4.90 Å². The molecule has 3 rings (SSSR count). The molecule has 7 heteroatoms. The number of carbonyl (C=O) groups is 1. The van der Waals surface area contributed by atoms with E-state index in [1.807, 2.05) is 0 Å². The van der Waals surface area contributed by atoms with Crippen molar-refractivity contribution in [3.05, 3.63) is 40.6 Å². The van der Waals surface area contributed by atoms with Crippen LogP contribution in [0.2, 0.25) is 0 Å². The number of hydrogen-bond acceptors (Lipinski definition) is 5. The van der Waals surface area contributed by atoms with Crippen LogP contribution in [0.1, 0.15) is 5.56 Å². The number of hydrogen-bond donors (Lipinski definition) is 0. The average Bonchev–Trinajstić information content (AvgIpc) is 2.80. The Morgan fingerprint density at radius 3 is 2.83 bits per heavy atom. The molecule has 0 aromatic heterocycles. The molecular formula is C16H17FN2O2S2. The van der Waals surface area contributed by atoms with Gasteiger partial charge in [0.2, 0.25) is 0 Å². The molecule has 1 aromatic rings. The fourth-order valence-corrected chi connectivity index (χ4v) is 3.82. The van der Waals surface area contributed by atoms with E-state index in [9.17, 15) is 9.18 Å². The summed E-state index contributed by atoms with van der Waals surface area (Å²) in [5.74, 6) is -0.418. The second kappa shape index (κ2) is 7.53. The van der Waals surface area contributed by atoms with Crippen molar-refractivity contribution in [1.29, 1.82) is 0 Å². The maximum atomic E-state index is 13.2. The average molecular weight is 352 g/mol. The number of amides is 1. The third-order valence-electron chi connectivity index (χ3n) is 3.76. The molecule has 4 nitrogen and oxygen atoms in total. The van der Waals surface area contributed by atoms with Gasteiger partial charge in [-0.2, -0.15) is 0 Å². The van der Waals surface area contributed by atoms with Crippen molar-refractivity contribution < 1.29 is 13.9 Å². The van der Waals surface area contributed by atoms with E-state index in [4.69, 9.17) is 17.0 Å². The van der Waals surface area contributed by atoms with Gasteiger partial charge in [-0.05, 0) is 23.8 Å². The zero-order chi connectivity index (χ0) is 16.2. The van der Waals surface area contributed by atoms with Gasteiger partial charge in [-0.15, -0.1) is 0 Å². The van der Waals surface area contributed by atoms with E-state index in [1.165, 1.54) is 23.9 Å². The number of thioether (sulfide) groups is 1. The van der Waals surface area contributed by atoms with Gasteiger partial charge >= 0.3 is 0 Å². The Morgan fingerprint density at radius 2 is 2.09 bits per heavy atom. The molecule has 23 heavy (non-hydrogen) atoms. The van der Waals surface area contributed by atoms with E-state index < -0.39 is 0 Å². The highest BCUT2D eigenvalue weighted by molar-refractivity contribution is 8.26. The summed E-state index contributed by atoms with van der Waals surface area (Å²) in [6.45, 7) is 4.59. The number of nitrogens with zero attached hydrogens (tertiary/aromatic N) is 2.